The van der Waals surface area contributed by atoms with E-state index in [0.717, 1.165) is 0 Å². The summed E-state index contributed by atoms with van der Waals surface area (Å²) in [4.78, 5) is 12.1. The monoisotopic (exact) mass is 418 g/mol. The summed E-state index contributed by atoms with van der Waals surface area (Å²) in [6.07, 6.45) is 0. The summed E-state index contributed by atoms with van der Waals surface area (Å²) in [6.45, 7) is 0. The van der Waals surface area contributed by atoms with Crippen molar-refractivity contribution in [3.05, 3.63) is 53.1 Å². The molecule has 0 unspecified atom stereocenters. The fourth-order valence-corrected chi connectivity index (χ4v) is 4.73. The van der Waals surface area contributed by atoms with Gasteiger partial charge >= 0.3 is 0 Å². The standard InChI is InChI=1S/C19H15ClN2O5S/c1-26-15-9-14(16(27-2)8-12(15)20)22-28(24,25)17-7-6-13-18-10(17)4-3-5-11(18)19(23)21-13/h3-9,22H,1-2H3,(H,21,23). The molecule has 0 saturated carbocycles. The van der Waals surface area contributed by atoms with E-state index in [0.29, 0.717) is 27.8 Å². The average molecular weight is 419 g/mol. The first-order valence-corrected chi connectivity index (χ1v) is 10.0. The van der Waals surface area contributed by atoms with Crippen molar-refractivity contribution < 1.29 is 22.7 Å². The normalized spacial score (nSPS) is 12.8. The van der Waals surface area contributed by atoms with Crippen LogP contribution in [0.1, 0.15) is 10.4 Å². The molecule has 0 fully saturated rings. The Morgan fingerprint density at radius 1 is 1.04 bits per heavy atom. The molecular weight excluding hydrogens is 404 g/mol. The molecule has 2 N–H and O–H groups in total. The Hall–Kier alpha value is -2.97. The molecule has 1 aliphatic rings. The first-order valence-electron chi connectivity index (χ1n) is 8.17. The third kappa shape index (κ3) is 2.81. The molecule has 4 rings (SSSR count). The van der Waals surface area contributed by atoms with Gasteiger partial charge in [0, 0.05) is 34.2 Å². The van der Waals surface area contributed by atoms with E-state index < -0.39 is 10.0 Å². The molecule has 144 valence electrons. The number of amides is 1. The van der Waals surface area contributed by atoms with Crippen LogP contribution in [0.5, 0.6) is 11.5 Å². The topological polar surface area (TPSA) is 93.7 Å². The second kappa shape index (κ2) is 6.57. The maximum Gasteiger partial charge on any atom is 0.262 e. The number of halogens is 1. The number of sulfonamides is 1. The molecule has 1 heterocycles. The lowest BCUT2D eigenvalue weighted by atomic mass is 10.1. The molecule has 0 atom stereocenters. The third-order valence-electron chi connectivity index (χ3n) is 4.50. The molecular formula is C19H15ClN2O5S. The van der Waals surface area contributed by atoms with Crippen molar-refractivity contribution in [2.75, 3.05) is 24.3 Å². The maximum absolute atomic E-state index is 13.1. The van der Waals surface area contributed by atoms with Crippen molar-refractivity contribution >= 4 is 49.7 Å². The number of hydrogen-bond acceptors (Lipinski definition) is 5. The minimum absolute atomic E-state index is 0.0422. The van der Waals surface area contributed by atoms with Crippen molar-refractivity contribution in [3.63, 3.8) is 0 Å². The first-order chi connectivity index (χ1) is 13.4. The molecule has 9 heteroatoms. The van der Waals surface area contributed by atoms with E-state index in [4.69, 9.17) is 21.1 Å². The van der Waals surface area contributed by atoms with Crippen LogP contribution < -0.4 is 19.5 Å². The van der Waals surface area contributed by atoms with Crippen LogP contribution in [0.4, 0.5) is 11.4 Å². The predicted molar refractivity (Wildman–Crippen MR) is 107 cm³/mol. The summed E-state index contributed by atoms with van der Waals surface area (Å²) in [5.74, 6) is 0.291. The Labute approximate surface area is 166 Å². The van der Waals surface area contributed by atoms with E-state index in [1.807, 2.05) is 0 Å². The lowest BCUT2D eigenvalue weighted by Crippen LogP contribution is -2.14. The van der Waals surface area contributed by atoms with Crippen LogP contribution in [0.15, 0.2) is 47.4 Å². The van der Waals surface area contributed by atoms with Crippen LogP contribution in [-0.4, -0.2) is 28.5 Å². The van der Waals surface area contributed by atoms with Crippen molar-refractivity contribution in [1.29, 1.82) is 0 Å². The van der Waals surface area contributed by atoms with Crippen LogP contribution in [-0.2, 0) is 10.0 Å². The number of carbonyl (C=O) groups is 1. The first kappa shape index (κ1) is 18.4. The summed E-state index contributed by atoms with van der Waals surface area (Å²) in [5.41, 5.74) is 1.21. The van der Waals surface area contributed by atoms with E-state index >= 15 is 0 Å². The third-order valence-corrected chi connectivity index (χ3v) is 6.22. The highest BCUT2D eigenvalue weighted by Crippen LogP contribution is 2.39. The molecule has 0 aliphatic carbocycles. The molecule has 7 nitrogen and oxygen atoms in total. The van der Waals surface area contributed by atoms with Gasteiger partial charge in [-0.05, 0) is 18.2 Å². The van der Waals surface area contributed by atoms with Gasteiger partial charge in [-0.2, -0.15) is 0 Å². The molecule has 0 saturated heterocycles. The maximum atomic E-state index is 13.1. The number of hydrogen-bond donors (Lipinski definition) is 2. The second-order valence-corrected chi connectivity index (χ2v) is 8.14. The average Bonchev–Trinajstić information content (AvgIpc) is 3.00. The fourth-order valence-electron chi connectivity index (χ4n) is 3.24. The zero-order valence-corrected chi connectivity index (χ0v) is 16.4. The van der Waals surface area contributed by atoms with Gasteiger partial charge in [0.2, 0.25) is 0 Å². The van der Waals surface area contributed by atoms with Crippen LogP contribution in [0, 0.1) is 0 Å². The molecule has 3 aromatic carbocycles. The Bertz CT molecular complexity index is 1240. The molecule has 1 amide bonds. The Morgan fingerprint density at radius 3 is 2.50 bits per heavy atom. The SMILES string of the molecule is COc1cc(NS(=O)(=O)c2ccc3c4c(cccc24)C(=O)N3)c(OC)cc1Cl. The van der Waals surface area contributed by atoms with Gasteiger partial charge in [-0.3, -0.25) is 9.52 Å². The van der Waals surface area contributed by atoms with Crippen LogP contribution in [0.3, 0.4) is 0 Å². The lowest BCUT2D eigenvalue weighted by molar-refractivity contribution is 0.103. The highest BCUT2D eigenvalue weighted by atomic mass is 35.5. The van der Waals surface area contributed by atoms with E-state index in [1.54, 1.807) is 24.3 Å². The van der Waals surface area contributed by atoms with E-state index in [-0.39, 0.29) is 27.3 Å². The fraction of sp³-hybridized carbons (Fsp3) is 0.105. The van der Waals surface area contributed by atoms with E-state index in [2.05, 4.69) is 10.0 Å². The largest absolute Gasteiger partial charge is 0.495 e. The van der Waals surface area contributed by atoms with Gasteiger partial charge in [0.1, 0.15) is 11.5 Å². The molecule has 28 heavy (non-hydrogen) atoms. The smallest absolute Gasteiger partial charge is 0.262 e. The summed E-state index contributed by atoms with van der Waals surface area (Å²) < 4.78 is 39.2. The number of ether oxygens (including phenoxy) is 2. The Balaban J connectivity index is 1.86. The van der Waals surface area contributed by atoms with Crippen LogP contribution >= 0.6 is 11.6 Å². The van der Waals surface area contributed by atoms with Gasteiger partial charge in [-0.25, -0.2) is 8.42 Å². The number of methoxy groups -OCH3 is 2. The zero-order valence-electron chi connectivity index (χ0n) is 14.9. The quantitative estimate of drug-likeness (QED) is 0.655. The van der Waals surface area contributed by atoms with Gasteiger partial charge in [-0.1, -0.05) is 23.7 Å². The number of benzene rings is 3. The van der Waals surface area contributed by atoms with E-state index in [9.17, 15) is 13.2 Å². The minimum atomic E-state index is -4.00. The van der Waals surface area contributed by atoms with Gasteiger partial charge in [0.05, 0.1) is 29.8 Å². The molecule has 0 radical (unpaired) electrons. The lowest BCUT2D eigenvalue weighted by Gasteiger charge is -2.15. The van der Waals surface area contributed by atoms with Gasteiger partial charge in [-0.15, -0.1) is 0 Å². The highest BCUT2D eigenvalue weighted by Gasteiger charge is 2.27. The Morgan fingerprint density at radius 2 is 1.79 bits per heavy atom. The van der Waals surface area contributed by atoms with Crippen molar-refractivity contribution in [1.82, 2.24) is 0 Å². The minimum Gasteiger partial charge on any atom is -0.495 e. The van der Waals surface area contributed by atoms with Gasteiger partial charge < -0.3 is 14.8 Å². The zero-order chi connectivity index (χ0) is 20.1. The number of carbonyl (C=O) groups excluding carboxylic acids is 1. The van der Waals surface area contributed by atoms with E-state index in [1.165, 1.54) is 32.4 Å². The molecule has 0 bridgehead atoms. The van der Waals surface area contributed by atoms with Gasteiger partial charge in [0.25, 0.3) is 15.9 Å². The Kier molecular flexibility index (Phi) is 4.32. The summed E-state index contributed by atoms with van der Waals surface area (Å²) in [7, 11) is -1.16. The summed E-state index contributed by atoms with van der Waals surface area (Å²) in [6, 6.07) is 10.9. The molecule has 1 aliphatic heterocycles. The van der Waals surface area contributed by atoms with Crippen molar-refractivity contribution in [2.24, 2.45) is 0 Å². The number of rotatable bonds is 5. The van der Waals surface area contributed by atoms with Gasteiger partial charge in [0.15, 0.2) is 0 Å². The highest BCUT2D eigenvalue weighted by molar-refractivity contribution is 7.93. The second-order valence-electron chi connectivity index (χ2n) is 6.09. The molecule has 0 aromatic heterocycles. The molecule has 0 spiro atoms. The number of anilines is 2. The number of nitrogens with one attached hydrogen (secondary N) is 2. The van der Waals surface area contributed by atoms with Crippen molar-refractivity contribution in [2.45, 2.75) is 4.90 Å². The van der Waals surface area contributed by atoms with Crippen molar-refractivity contribution in [3.8, 4) is 11.5 Å². The summed E-state index contributed by atoms with van der Waals surface area (Å²) >= 11 is 6.08. The van der Waals surface area contributed by atoms with Crippen LogP contribution in [0.2, 0.25) is 5.02 Å². The summed E-state index contributed by atoms with van der Waals surface area (Å²) in [5, 5.41) is 4.05. The predicted octanol–water partition coefficient (Wildman–Crippen LogP) is 3.88. The molecule has 3 aromatic rings. The van der Waals surface area contributed by atoms with Crippen LogP contribution in [0.25, 0.3) is 10.8 Å².